The second kappa shape index (κ2) is 6.34. The Hall–Kier alpha value is -1.11. The summed E-state index contributed by atoms with van der Waals surface area (Å²) in [4.78, 5) is 2.73. The van der Waals surface area contributed by atoms with Crippen molar-refractivity contribution in [3.05, 3.63) is 23.8 Å². The number of benzene rings is 1. The zero-order chi connectivity index (χ0) is 15.6. The lowest BCUT2D eigenvalue weighted by Crippen LogP contribution is -2.31. The van der Waals surface area contributed by atoms with Crippen molar-refractivity contribution < 1.29 is 8.42 Å². The molecule has 2 rings (SSSR count). The number of anilines is 1. The molecular formula is C15H25N3O2S. The Balaban J connectivity index is 2.16. The largest absolute Gasteiger partial charge is 0.381 e. The van der Waals surface area contributed by atoms with E-state index >= 15 is 0 Å². The van der Waals surface area contributed by atoms with Crippen molar-refractivity contribution in [2.24, 2.45) is 0 Å². The van der Waals surface area contributed by atoms with Crippen LogP contribution in [0.3, 0.4) is 0 Å². The molecule has 1 aliphatic heterocycles. The summed E-state index contributed by atoms with van der Waals surface area (Å²) in [5.41, 5.74) is 1.97. The van der Waals surface area contributed by atoms with Crippen LogP contribution in [0, 0.1) is 6.92 Å². The Bertz CT molecular complexity index is 599. The topological polar surface area (TPSA) is 61.4 Å². The van der Waals surface area contributed by atoms with E-state index in [-0.39, 0.29) is 0 Å². The second-order valence-electron chi connectivity index (χ2n) is 5.90. The summed E-state index contributed by atoms with van der Waals surface area (Å²) < 4.78 is 26.1. The predicted molar refractivity (Wildman–Crippen MR) is 86.2 cm³/mol. The molecule has 0 spiro atoms. The molecule has 5 nitrogen and oxygen atoms in total. The molecular weight excluding hydrogens is 286 g/mol. The van der Waals surface area contributed by atoms with Gasteiger partial charge in [0.05, 0.1) is 4.90 Å². The monoisotopic (exact) mass is 311 g/mol. The average molecular weight is 311 g/mol. The van der Waals surface area contributed by atoms with Crippen molar-refractivity contribution in [3.63, 3.8) is 0 Å². The van der Waals surface area contributed by atoms with Gasteiger partial charge in [0, 0.05) is 30.9 Å². The summed E-state index contributed by atoms with van der Waals surface area (Å²) in [6, 6.07) is 6.13. The molecule has 0 aromatic heterocycles. The van der Waals surface area contributed by atoms with E-state index in [2.05, 4.69) is 28.8 Å². The summed E-state index contributed by atoms with van der Waals surface area (Å²) in [5, 5.41) is 3.50. The number of likely N-dealkylation sites (tertiary alicyclic amines) is 1. The molecule has 118 valence electrons. The lowest BCUT2D eigenvalue weighted by molar-refractivity contribution is 0.274. The summed E-state index contributed by atoms with van der Waals surface area (Å²) in [6.45, 7) is 8.48. The van der Waals surface area contributed by atoms with Gasteiger partial charge in [-0.15, -0.1) is 0 Å². The standard InChI is InChI=1S/C15H25N3O2S/c1-11(2)18-8-7-13(10-18)17-15-9-14(6-5-12(15)3)21(19,20)16-4/h5-6,9,11,13,16-17H,7-8,10H2,1-4H3. The lowest BCUT2D eigenvalue weighted by Gasteiger charge is -2.21. The van der Waals surface area contributed by atoms with Gasteiger partial charge in [-0.1, -0.05) is 6.07 Å². The maximum atomic E-state index is 11.9. The van der Waals surface area contributed by atoms with E-state index in [1.807, 2.05) is 13.0 Å². The Morgan fingerprint density at radius 3 is 2.62 bits per heavy atom. The highest BCUT2D eigenvalue weighted by molar-refractivity contribution is 7.89. The normalized spacial score (nSPS) is 20.1. The average Bonchev–Trinajstić information content (AvgIpc) is 2.90. The first-order valence-corrected chi connectivity index (χ1v) is 8.86. The number of hydrogen-bond acceptors (Lipinski definition) is 4. The third kappa shape index (κ3) is 3.75. The molecule has 0 amide bonds. The molecule has 0 saturated carbocycles. The highest BCUT2D eigenvalue weighted by atomic mass is 32.2. The predicted octanol–water partition coefficient (Wildman–Crippen LogP) is 1.80. The fraction of sp³-hybridized carbons (Fsp3) is 0.600. The summed E-state index contributed by atoms with van der Waals surface area (Å²) in [6.07, 6.45) is 1.08. The minimum atomic E-state index is -3.40. The highest BCUT2D eigenvalue weighted by Crippen LogP contribution is 2.23. The lowest BCUT2D eigenvalue weighted by atomic mass is 10.1. The van der Waals surface area contributed by atoms with Crippen molar-refractivity contribution in [3.8, 4) is 0 Å². The maximum absolute atomic E-state index is 11.9. The van der Waals surface area contributed by atoms with Crippen LogP contribution in [0.2, 0.25) is 0 Å². The smallest absolute Gasteiger partial charge is 0.240 e. The molecule has 1 fully saturated rings. The number of sulfonamides is 1. The highest BCUT2D eigenvalue weighted by Gasteiger charge is 2.24. The van der Waals surface area contributed by atoms with Crippen molar-refractivity contribution in [1.29, 1.82) is 0 Å². The molecule has 0 bridgehead atoms. The van der Waals surface area contributed by atoms with Crippen LogP contribution in [0.25, 0.3) is 0 Å². The Kier molecular flexibility index (Phi) is 4.91. The summed E-state index contributed by atoms with van der Waals surface area (Å²) in [5.74, 6) is 0. The van der Waals surface area contributed by atoms with Crippen LogP contribution in [0.15, 0.2) is 23.1 Å². The minimum Gasteiger partial charge on any atom is -0.381 e. The molecule has 1 aromatic carbocycles. The molecule has 0 radical (unpaired) electrons. The first-order chi connectivity index (χ1) is 9.83. The fourth-order valence-electron chi connectivity index (χ4n) is 2.64. The Labute approximate surface area is 127 Å². The molecule has 1 saturated heterocycles. The van der Waals surface area contributed by atoms with Gasteiger partial charge in [0.25, 0.3) is 0 Å². The van der Waals surface area contributed by atoms with E-state index in [0.717, 1.165) is 30.8 Å². The third-order valence-corrected chi connectivity index (χ3v) is 5.51. The first kappa shape index (κ1) is 16.3. The van der Waals surface area contributed by atoms with Crippen LogP contribution >= 0.6 is 0 Å². The van der Waals surface area contributed by atoms with Crippen molar-refractivity contribution in [1.82, 2.24) is 9.62 Å². The van der Waals surface area contributed by atoms with Gasteiger partial charge in [-0.05, 0) is 51.9 Å². The van der Waals surface area contributed by atoms with Crippen LogP contribution in [0.1, 0.15) is 25.8 Å². The Morgan fingerprint density at radius 2 is 2.05 bits per heavy atom. The number of rotatable bonds is 5. The van der Waals surface area contributed by atoms with E-state index in [9.17, 15) is 8.42 Å². The van der Waals surface area contributed by atoms with Gasteiger partial charge < -0.3 is 5.32 Å². The van der Waals surface area contributed by atoms with Gasteiger partial charge in [-0.2, -0.15) is 0 Å². The number of nitrogens with zero attached hydrogens (tertiary/aromatic N) is 1. The van der Waals surface area contributed by atoms with Gasteiger partial charge in [0.1, 0.15) is 0 Å². The van der Waals surface area contributed by atoms with Crippen LogP contribution in [-0.4, -0.2) is 45.5 Å². The SMILES string of the molecule is CNS(=O)(=O)c1ccc(C)c(NC2CCN(C(C)C)C2)c1. The molecule has 21 heavy (non-hydrogen) atoms. The molecule has 1 heterocycles. The van der Waals surface area contributed by atoms with Crippen LogP contribution in [-0.2, 0) is 10.0 Å². The Morgan fingerprint density at radius 1 is 1.33 bits per heavy atom. The number of aryl methyl sites for hydroxylation is 1. The van der Waals surface area contributed by atoms with Crippen molar-refractivity contribution in [2.75, 3.05) is 25.5 Å². The van der Waals surface area contributed by atoms with E-state index in [0.29, 0.717) is 17.0 Å². The van der Waals surface area contributed by atoms with Crippen LogP contribution in [0.4, 0.5) is 5.69 Å². The maximum Gasteiger partial charge on any atom is 0.240 e. The van der Waals surface area contributed by atoms with Gasteiger partial charge in [0.15, 0.2) is 0 Å². The minimum absolute atomic E-state index is 0.303. The van der Waals surface area contributed by atoms with E-state index in [1.54, 1.807) is 12.1 Å². The summed E-state index contributed by atoms with van der Waals surface area (Å²) >= 11 is 0. The molecule has 1 aromatic rings. The molecule has 0 aliphatic carbocycles. The van der Waals surface area contributed by atoms with Crippen LogP contribution < -0.4 is 10.0 Å². The van der Waals surface area contributed by atoms with Gasteiger partial charge >= 0.3 is 0 Å². The number of hydrogen-bond donors (Lipinski definition) is 2. The zero-order valence-corrected chi connectivity index (χ0v) is 14.0. The van der Waals surface area contributed by atoms with E-state index in [4.69, 9.17) is 0 Å². The summed E-state index contributed by atoms with van der Waals surface area (Å²) in [7, 11) is -1.97. The van der Waals surface area contributed by atoms with Gasteiger partial charge in [-0.25, -0.2) is 13.1 Å². The van der Waals surface area contributed by atoms with Crippen molar-refractivity contribution >= 4 is 15.7 Å². The molecule has 2 N–H and O–H groups in total. The molecule has 6 heteroatoms. The zero-order valence-electron chi connectivity index (χ0n) is 13.2. The van der Waals surface area contributed by atoms with E-state index in [1.165, 1.54) is 7.05 Å². The fourth-order valence-corrected chi connectivity index (χ4v) is 3.39. The second-order valence-corrected chi connectivity index (χ2v) is 7.79. The van der Waals surface area contributed by atoms with Crippen molar-refractivity contribution in [2.45, 2.75) is 44.2 Å². The van der Waals surface area contributed by atoms with E-state index < -0.39 is 10.0 Å². The number of nitrogens with one attached hydrogen (secondary N) is 2. The molecule has 1 aliphatic rings. The first-order valence-electron chi connectivity index (χ1n) is 7.38. The van der Waals surface area contributed by atoms with Gasteiger partial charge in [0.2, 0.25) is 10.0 Å². The third-order valence-electron chi connectivity index (χ3n) is 4.10. The van der Waals surface area contributed by atoms with Gasteiger partial charge in [-0.3, -0.25) is 4.90 Å². The van der Waals surface area contributed by atoms with Crippen LogP contribution in [0.5, 0.6) is 0 Å². The molecule has 1 unspecified atom stereocenters. The molecule has 1 atom stereocenters. The quantitative estimate of drug-likeness (QED) is 0.870.